The predicted octanol–water partition coefficient (Wildman–Crippen LogP) is 1.53. The van der Waals surface area contributed by atoms with Gasteiger partial charge >= 0.3 is 24.8 Å². The third-order valence-corrected chi connectivity index (χ3v) is 2.18. The maximum atomic E-state index is 13.0. The van der Waals surface area contributed by atoms with Gasteiger partial charge in [0.25, 0.3) is 0 Å². The quantitative estimate of drug-likeness (QED) is 0.486. The standard InChI is InChI=1S/C6H2ClFINO2.Li.H/c7-5-3(6(11)12)4(8)2(9)1-10-5;;/h1H,(H,11,12);;. The molecule has 0 spiro atoms. The van der Waals surface area contributed by atoms with Crippen molar-refractivity contribution in [2.75, 3.05) is 0 Å². The summed E-state index contributed by atoms with van der Waals surface area (Å²) in [5.41, 5.74) is -0.580. The summed E-state index contributed by atoms with van der Waals surface area (Å²) in [7, 11) is 0. The van der Waals surface area contributed by atoms with E-state index in [4.69, 9.17) is 16.7 Å². The Labute approximate surface area is 104 Å². The summed E-state index contributed by atoms with van der Waals surface area (Å²) in [6, 6.07) is 0. The van der Waals surface area contributed by atoms with Crippen LogP contribution >= 0.6 is 34.2 Å². The number of nitrogens with zero attached hydrogens (tertiary/aromatic N) is 1. The molecule has 1 aromatic rings. The Morgan fingerprint density at radius 3 is 2.62 bits per heavy atom. The van der Waals surface area contributed by atoms with Gasteiger partial charge in [0.05, 0.1) is 3.57 Å². The van der Waals surface area contributed by atoms with Gasteiger partial charge in [0.15, 0.2) is 5.82 Å². The van der Waals surface area contributed by atoms with Gasteiger partial charge in [-0.1, -0.05) is 11.6 Å². The van der Waals surface area contributed by atoms with Crippen LogP contribution in [0.3, 0.4) is 0 Å². The first kappa shape index (κ1) is 13.2. The van der Waals surface area contributed by atoms with Crippen LogP contribution in [0.5, 0.6) is 0 Å². The van der Waals surface area contributed by atoms with Gasteiger partial charge in [-0.05, 0) is 22.6 Å². The molecule has 0 saturated carbocycles. The number of rotatable bonds is 1. The van der Waals surface area contributed by atoms with E-state index in [1.807, 2.05) is 0 Å². The van der Waals surface area contributed by atoms with Crippen molar-refractivity contribution in [3.05, 3.63) is 26.3 Å². The molecule has 1 N–H and O–H groups in total. The number of carbonyl (C=O) groups is 1. The zero-order valence-electron chi connectivity index (χ0n) is 5.51. The molecule has 1 heterocycles. The van der Waals surface area contributed by atoms with Gasteiger partial charge in [-0.2, -0.15) is 0 Å². The van der Waals surface area contributed by atoms with Gasteiger partial charge in [0, 0.05) is 6.20 Å². The Kier molecular flexibility index (Phi) is 5.21. The van der Waals surface area contributed by atoms with E-state index in [0.29, 0.717) is 0 Å². The summed E-state index contributed by atoms with van der Waals surface area (Å²) in [4.78, 5) is 13.9. The second-order valence-corrected chi connectivity index (χ2v) is 3.41. The summed E-state index contributed by atoms with van der Waals surface area (Å²) in [6.07, 6.45) is 1.17. The number of hydrogen-bond acceptors (Lipinski definition) is 2. The van der Waals surface area contributed by atoms with Crippen molar-refractivity contribution in [3.8, 4) is 0 Å². The van der Waals surface area contributed by atoms with Crippen LogP contribution in [0.4, 0.5) is 4.39 Å². The Hall–Kier alpha value is 0.167. The zero-order valence-corrected chi connectivity index (χ0v) is 8.43. The number of pyridine rings is 1. The first-order valence-electron chi connectivity index (χ1n) is 2.77. The molecule has 0 radical (unpaired) electrons. The van der Waals surface area contributed by atoms with Gasteiger partial charge < -0.3 is 5.11 Å². The van der Waals surface area contributed by atoms with E-state index < -0.39 is 17.3 Å². The van der Waals surface area contributed by atoms with Crippen LogP contribution in [0.25, 0.3) is 0 Å². The fraction of sp³-hybridized carbons (Fsp3) is 0. The van der Waals surface area contributed by atoms with Gasteiger partial charge in [-0.15, -0.1) is 0 Å². The molecule has 7 heteroatoms. The van der Waals surface area contributed by atoms with E-state index in [1.54, 1.807) is 22.6 Å². The van der Waals surface area contributed by atoms with Gasteiger partial charge in [-0.25, -0.2) is 14.2 Å². The van der Waals surface area contributed by atoms with Crippen molar-refractivity contribution >= 4 is 59.0 Å². The van der Waals surface area contributed by atoms with E-state index >= 15 is 0 Å². The zero-order chi connectivity index (χ0) is 9.30. The van der Waals surface area contributed by atoms with Crippen LogP contribution < -0.4 is 0 Å². The molecule has 0 aliphatic rings. The van der Waals surface area contributed by atoms with Crippen molar-refractivity contribution in [2.45, 2.75) is 0 Å². The summed E-state index contributed by atoms with van der Waals surface area (Å²) in [6.45, 7) is 0. The Morgan fingerprint density at radius 1 is 1.69 bits per heavy atom. The molecular weight excluding hydrogens is 306 g/mol. The molecule has 66 valence electrons. The molecule has 0 bridgehead atoms. The molecule has 0 amide bonds. The van der Waals surface area contributed by atoms with Crippen LogP contribution in [-0.4, -0.2) is 34.9 Å². The molecule has 0 aromatic carbocycles. The van der Waals surface area contributed by atoms with Crippen molar-refractivity contribution in [2.24, 2.45) is 0 Å². The molecule has 0 atom stereocenters. The van der Waals surface area contributed by atoms with Crippen molar-refractivity contribution in [3.63, 3.8) is 0 Å². The molecule has 0 aliphatic heterocycles. The number of hydrogen-bond donors (Lipinski definition) is 1. The Bertz CT molecular complexity index is 350. The third-order valence-electron chi connectivity index (χ3n) is 1.14. The van der Waals surface area contributed by atoms with Crippen molar-refractivity contribution < 1.29 is 14.3 Å². The number of aromatic carboxylic acids is 1. The fourth-order valence-corrected chi connectivity index (χ4v) is 1.25. The molecule has 3 nitrogen and oxygen atoms in total. The second kappa shape index (κ2) is 5.15. The number of aromatic nitrogens is 1. The summed E-state index contributed by atoms with van der Waals surface area (Å²) in [5, 5.41) is 8.17. The maximum absolute atomic E-state index is 13.0. The van der Waals surface area contributed by atoms with Gasteiger partial charge in [-0.3, -0.25) is 0 Å². The first-order chi connectivity index (χ1) is 5.54. The molecule has 0 fully saturated rings. The fourth-order valence-electron chi connectivity index (χ4n) is 0.627. The Morgan fingerprint density at radius 2 is 2.23 bits per heavy atom. The predicted molar refractivity (Wildman–Crippen MR) is 56.0 cm³/mol. The SMILES string of the molecule is O=C(O)c1c(Cl)ncc(I)c1F.[LiH]. The molecule has 0 aliphatic carbocycles. The average Bonchev–Trinajstić information content (AvgIpc) is 1.97. The van der Waals surface area contributed by atoms with E-state index in [-0.39, 0.29) is 27.6 Å². The first-order valence-corrected chi connectivity index (χ1v) is 4.22. The molecule has 1 aromatic heterocycles. The van der Waals surface area contributed by atoms with E-state index in [2.05, 4.69) is 4.98 Å². The molecule has 0 unspecified atom stereocenters. The summed E-state index contributed by atoms with van der Waals surface area (Å²) < 4.78 is 13.1. The average molecular weight is 309 g/mol. The third kappa shape index (κ3) is 2.81. The van der Waals surface area contributed by atoms with Crippen molar-refractivity contribution in [1.29, 1.82) is 0 Å². The minimum atomic E-state index is -1.41. The van der Waals surface area contributed by atoms with Crippen LogP contribution in [-0.2, 0) is 0 Å². The molecule has 0 saturated heterocycles. The van der Waals surface area contributed by atoms with E-state index in [1.165, 1.54) is 6.20 Å². The van der Waals surface area contributed by atoms with Crippen LogP contribution in [0, 0.1) is 9.39 Å². The molecule has 1 rings (SSSR count). The minimum absolute atomic E-state index is 0. The van der Waals surface area contributed by atoms with Crippen LogP contribution in [0.15, 0.2) is 6.20 Å². The van der Waals surface area contributed by atoms with E-state index in [9.17, 15) is 9.18 Å². The van der Waals surface area contributed by atoms with Gasteiger partial charge in [0.2, 0.25) is 0 Å². The summed E-state index contributed by atoms with van der Waals surface area (Å²) >= 11 is 7.00. The number of halogens is 3. The normalized spacial score (nSPS) is 9.15. The number of carboxylic acids is 1. The van der Waals surface area contributed by atoms with E-state index in [0.717, 1.165) is 0 Å². The summed E-state index contributed by atoms with van der Waals surface area (Å²) in [5.74, 6) is -2.26. The van der Waals surface area contributed by atoms with Crippen molar-refractivity contribution in [1.82, 2.24) is 4.98 Å². The monoisotopic (exact) mass is 309 g/mol. The number of carboxylic acid groups (broad SMARTS) is 1. The Balaban J connectivity index is 0.00000144. The van der Waals surface area contributed by atoms with Crippen LogP contribution in [0.1, 0.15) is 10.4 Å². The molecule has 13 heavy (non-hydrogen) atoms. The van der Waals surface area contributed by atoms with Gasteiger partial charge in [0.1, 0.15) is 10.7 Å². The topological polar surface area (TPSA) is 50.2 Å². The van der Waals surface area contributed by atoms with Crippen LogP contribution in [0.2, 0.25) is 5.15 Å². The molecular formula is C6H3ClFILiNO2. The second-order valence-electron chi connectivity index (χ2n) is 1.89.